The number of nitrogens with zero attached hydrogens (tertiary/aromatic N) is 1. The molecule has 1 rings (SSSR count). The highest BCUT2D eigenvalue weighted by atomic mass is 35.5. The Kier molecular flexibility index (Phi) is 6.08. The van der Waals surface area contributed by atoms with Crippen molar-refractivity contribution in [3.05, 3.63) is 29.3 Å². The first kappa shape index (κ1) is 18.6. The van der Waals surface area contributed by atoms with Crippen molar-refractivity contribution < 1.29 is 17.9 Å². The van der Waals surface area contributed by atoms with Crippen molar-refractivity contribution in [3.8, 4) is 0 Å². The predicted octanol–water partition coefficient (Wildman–Crippen LogP) is 2.63. The van der Waals surface area contributed by atoms with E-state index in [1.165, 1.54) is 0 Å². The first-order valence-corrected chi connectivity index (χ1v) is 8.92. The molecule has 0 atom stereocenters. The monoisotopic (exact) mass is 348 g/mol. The van der Waals surface area contributed by atoms with Crippen molar-refractivity contribution >= 4 is 33.4 Å². The molecule has 0 saturated heterocycles. The molecule has 0 aliphatic carbocycles. The van der Waals surface area contributed by atoms with E-state index >= 15 is 0 Å². The minimum absolute atomic E-state index is 0.0574. The highest BCUT2D eigenvalue weighted by Gasteiger charge is 2.20. The van der Waals surface area contributed by atoms with E-state index in [9.17, 15) is 13.2 Å². The van der Waals surface area contributed by atoms with Crippen LogP contribution in [0.1, 0.15) is 20.8 Å². The van der Waals surface area contributed by atoms with Gasteiger partial charge in [-0.25, -0.2) is 13.2 Å². The molecule has 0 heterocycles. The number of halogens is 1. The number of rotatable bonds is 5. The normalized spacial score (nSPS) is 11.9. The number of para-hydroxylation sites is 1. The molecule has 0 aliphatic rings. The van der Waals surface area contributed by atoms with Crippen LogP contribution in [0.3, 0.4) is 0 Å². The Bertz CT molecular complexity index is 626. The molecule has 0 radical (unpaired) electrons. The van der Waals surface area contributed by atoms with Crippen molar-refractivity contribution in [2.75, 3.05) is 23.7 Å². The van der Waals surface area contributed by atoms with Crippen LogP contribution in [-0.2, 0) is 14.8 Å². The number of alkyl carbamates (subject to hydrolysis) is 1. The number of ether oxygens (including phenoxy) is 1. The van der Waals surface area contributed by atoms with E-state index in [1.807, 2.05) is 0 Å². The standard InChI is InChI=1S/C14H21ClN2O4S/c1-14(2,3)21-13(18)16-9-10-17(22(4,19)20)12-8-6-5-7-11(12)15/h5-8H,9-10H2,1-4H3,(H,16,18). The summed E-state index contributed by atoms with van der Waals surface area (Å²) in [6.45, 7) is 5.41. The van der Waals surface area contributed by atoms with E-state index < -0.39 is 21.7 Å². The van der Waals surface area contributed by atoms with Crippen molar-refractivity contribution in [2.24, 2.45) is 0 Å². The summed E-state index contributed by atoms with van der Waals surface area (Å²) < 4.78 is 30.1. The Labute approximate surface area is 136 Å². The number of amides is 1. The van der Waals surface area contributed by atoms with Gasteiger partial charge in [-0.15, -0.1) is 0 Å². The highest BCUT2D eigenvalue weighted by Crippen LogP contribution is 2.26. The SMILES string of the molecule is CC(C)(C)OC(=O)NCCN(c1ccccc1Cl)S(C)(=O)=O. The van der Waals surface area contributed by atoms with Gasteiger partial charge in [0.05, 0.1) is 23.5 Å². The van der Waals surface area contributed by atoms with Gasteiger partial charge in [-0.3, -0.25) is 4.31 Å². The molecule has 1 amide bonds. The van der Waals surface area contributed by atoms with Gasteiger partial charge in [-0.2, -0.15) is 0 Å². The van der Waals surface area contributed by atoms with Gasteiger partial charge < -0.3 is 10.1 Å². The number of carbonyl (C=O) groups is 1. The molecule has 8 heteroatoms. The number of nitrogens with one attached hydrogen (secondary N) is 1. The molecule has 0 spiro atoms. The minimum Gasteiger partial charge on any atom is -0.444 e. The summed E-state index contributed by atoms with van der Waals surface area (Å²) in [5, 5.41) is 2.84. The summed E-state index contributed by atoms with van der Waals surface area (Å²) in [5.74, 6) is 0. The zero-order chi connectivity index (χ0) is 17.0. The molecule has 124 valence electrons. The first-order valence-electron chi connectivity index (χ1n) is 6.70. The number of sulfonamides is 1. The van der Waals surface area contributed by atoms with Crippen LogP contribution in [-0.4, -0.2) is 39.5 Å². The van der Waals surface area contributed by atoms with Crippen LogP contribution < -0.4 is 9.62 Å². The summed E-state index contributed by atoms with van der Waals surface area (Å²) in [7, 11) is -3.52. The van der Waals surface area contributed by atoms with Crippen LogP contribution in [0.2, 0.25) is 5.02 Å². The third-order valence-electron chi connectivity index (χ3n) is 2.50. The van der Waals surface area contributed by atoms with Crippen LogP contribution in [0.25, 0.3) is 0 Å². The van der Waals surface area contributed by atoms with Crippen LogP contribution in [0.4, 0.5) is 10.5 Å². The van der Waals surface area contributed by atoms with Crippen molar-refractivity contribution in [1.82, 2.24) is 5.32 Å². The summed E-state index contributed by atoms with van der Waals surface area (Å²) in [4.78, 5) is 11.6. The van der Waals surface area contributed by atoms with Crippen LogP contribution >= 0.6 is 11.6 Å². The number of hydrogen-bond acceptors (Lipinski definition) is 4. The molecule has 0 unspecified atom stereocenters. The second-order valence-electron chi connectivity index (χ2n) is 5.72. The molecule has 6 nitrogen and oxygen atoms in total. The lowest BCUT2D eigenvalue weighted by molar-refractivity contribution is 0.0529. The fourth-order valence-corrected chi connectivity index (χ4v) is 2.92. The van der Waals surface area contributed by atoms with Crippen molar-refractivity contribution in [3.63, 3.8) is 0 Å². The second kappa shape index (κ2) is 7.19. The van der Waals surface area contributed by atoms with Gasteiger partial charge in [-0.05, 0) is 32.9 Å². The summed E-state index contributed by atoms with van der Waals surface area (Å²) in [5.41, 5.74) is -0.235. The fourth-order valence-electron chi connectivity index (χ4n) is 1.69. The van der Waals surface area contributed by atoms with Crippen molar-refractivity contribution in [1.29, 1.82) is 0 Å². The third-order valence-corrected chi connectivity index (χ3v) is 4.00. The zero-order valence-electron chi connectivity index (χ0n) is 13.1. The lowest BCUT2D eigenvalue weighted by Gasteiger charge is -2.24. The number of benzene rings is 1. The molecular weight excluding hydrogens is 328 g/mol. The average molecular weight is 349 g/mol. The summed E-state index contributed by atoms with van der Waals surface area (Å²) in [6, 6.07) is 6.62. The predicted molar refractivity (Wildman–Crippen MR) is 87.9 cm³/mol. The Morgan fingerprint density at radius 2 is 1.91 bits per heavy atom. The van der Waals surface area contributed by atoms with Gasteiger partial charge in [0.1, 0.15) is 5.60 Å². The average Bonchev–Trinajstić information content (AvgIpc) is 2.32. The summed E-state index contributed by atoms with van der Waals surface area (Å²) in [6.07, 6.45) is 0.490. The van der Waals surface area contributed by atoms with E-state index in [-0.39, 0.29) is 13.1 Å². The Morgan fingerprint density at radius 1 is 1.32 bits per heavy atom. The molecule has 1 N–H and O–H groups in total. The van der Waals surface area contributed by atoms with Gasteiger partial charge >= 0.3 is 6.09 Å². The quantitative estimate of drug-likeness (QED) is 0.887. The zero-order valence-corrected chi connectivity index (χ0v) is 14.7. The smallest absolute Gasteiger partial charge is 0.407 e. The largest absolute Gasteiger partial charge is 0.444 e. The Balaban J connectivity index is 2.74. The van der Waals surface area contributed by atoms with Gasteiger partial charge in [0.15, 0.2) is 0 Å². The fraction of sp³-hybridized carbons (Fsp3) is 0.500. The number of carbonyl (C=O) groups excluding carboxylic acids is 1. The van der Waals surface area contributed by atoms with E-state index in [2.05, 4.69) is 5.32 Å². The highest BCUT2D eigenvalue weighted by molar-refractivity contribution is 7.92. The molecule has 0 aliphatic heterocycles. The van der Waals surface area contributed by atoms with Gasteiger partial charge in [-0.1, -0.05) is 23.7 Å². The molecule has 0 saturated carbocycles. The lowest BCUT2D eigenvalue weighted by Crippen LogP contribution is -2.40. The topological polar surface area (TPSA) is 75.7 Å². The van der Waals surface area contributed by atoms with Crippen molar-refractivity contribution in [2.45, 2.75) is 26.4 Å². The Hall–Kier alpha value is -1.47. The maximum Gasteiger partial charge on any atom is 0.407 e. The summed E-state index contributed by atoms with van der Waals surface area (Å²) >= 11 is 6.04. The van der Waals surface area contributed by atoms with Crippen LogP contribution in [0.5, 0.6) is 0 Å². The van der Waals surface area contributed by atoms with E-state index in [1.54, 1.807) is 45.0 Å². The van der Waals surface area contributed by atoms with E-state index in [4.69, 9.17) is 16.3 Å². The maximum absolute atomic E-state index is 11.9. The molecule has 0 bridgehead atoms. The van der Waals surface area contributed by atoms with E-state index in [0.717, 1.165) is 10.6 Å². The second-order valence-corrected chi connectivity index (χ2v) is 8.03. The maximum atomic E-state index is 11.9. The number of anilines is 1. The van der Waals surface area contributed by atoms with Gasteiger partial charge in [0, 0.05) is 6.54 Å². The first-order chi connectivity index (χ1) is 10.0. The van der Waals surface area contributed by atoms with Gasteiger partial charge in [0.25, 0.3) is 0 Å². The van der Waals surface area contributed by atoms with Crippen LogP contribution in [0.15, 0.2) is 24.3 Å². The third kappa shape index (κ3) is 6.11. The minimum atomic E-state index is -3.52. The molecule has 0 aromatic heterocycles. The molecule has 22 heavy (non-hydrogen) atoms. The molecular formula is C14H21ClN2O4S. The van der Waals surface area contributed by atoms with E-state index in [0.29, 0.717) is 10.7 Å². The lowest BCUT2D eigenvalue weighted by atomic mass is 10.2. The molecule has 1 aromatic rings. The number of hydrogen-bond donors (Lipinski definition) is 1. The van der Waals surface area contributed by atoms with Gasteiger partial charge in [0.2, 0.25) is 10.0 Å². The molecule has 1 aromatic carbocycles. The molecule has 0 fully saturated rings. The van der Waals surface area contributed by atoms with Crippen LogP contribution in [0, 0.1) is 0 Å². The Morgan fingerprint density at radius 3 is 2.41 bits per heavy atom.